The molecule has 0 aliphatic carbocycles. The van der Waals surface area contributed by atoms with E-state index < -0.39 is 42.5 Å². The van der Waals surface area contributed by atoms with Gasteiger partial charge < -0.3 is 24.7 Å². The fraction of sp³-hybridized carbons (Fsp3) is 0.320. The second-order valence-corrected chi connectivity index (χ2v) is 8.84. The number of ether oxygens (including phenoxy) is 2. The number of aromatic nitrogens is 2. The first-order valence-electron chi connectivity index (χ1n) is 11.4. The van der Waals surface area contributed by atoms with Crippen molar-refractivity contribution in [2.45, 2.75) is 31.2 Å². The number of hydrogen-bond donors (Lipinski definition) is 1. The van der Waals surface area contributed by atoms with Gasteiger partial charge in [0.2, 0.25) is 5.91 Å². The number of carbonyl (C=O) groups excluding carboxylic acids is 2. The molecule has 0 radical (unpaired) electrons. The molecule has 1 unspecified atom stereocenters. The Kier molecular flexibility index (Phi) is 7.29. The smallest absolute Gasteiger partial charge is 0.483 e. The maximum atomic E-state index is 15.0. The highest BCUT2D eigenvalue weighted by atomic mass is 19.4. The van der Waals surface area contributed by atoms with E-state index in [-0.39, 0.29) is 30.7 Å². The van der Waals surface area contributed by atoms with Crippen LogP contribution in [0.4, 0.5) is 22.0 Å². The molecular weight excluding hydrogens is 515 g/mol. The molecule has 2 amide bonds. The van der Waals surface area contributed by atoms with Crippen molar-refractivity contribution in [3.05, 3.63) is 66.1 Å². The van der Waals surface area contributed by atoms with Crippen molar-refractivity contribution in [1.29, 1.82) is 0 Å². The third kappa shape index (κ3) is 6.39. The Morgan fingerprint density at radius 3 is 2.45 bits per heavy atom. The molecule has 0 bridgehead atoms. The molecule has 1 saturated heterocycles. The molecule has 2 aromatic carbocycles. The Labute approximate surface area is 213 Å². The number of likely N-dealkylation sites (tertiary alicyclic amines) is 1. The molecular formula is C25H23F5N4O4. The van der Waals surface area contributed by atoms with Gasteiger partial charge in [-0.1, -0.05) is 12.1 Å². The van der Waals surface area contributed by atoms with Gasteiger partial charge in [0.1, 0.15) is 11.5 Å². The molecule has 202 valence electrons. The molecule has 4 rings (SSSR count). The second-order valence-electron chi connectivity index (χ2n) is 8.84. The summed E-state index contributed by atoms with van der Waals surface area (Å²) >= 11 is 0. The summed E-state index contributed by atoms with van der Waals surface area (Å²) in [6.45, 7) is -0.976. The minimum Gasteiger partial charge on any atom is -0.483 e. The van der Waals surface area contributed by atoms with Gasteiger partial charge in [-0.05, 0) is 35.9 Å². The molecule has 1 aliphatic rings. The van der Waals surface area contributed by atoms with Crippen molar-refractivity contribution < 1.29 is 41.0 Å². The molecule has 1 atom stereocenters. The van der Waals surface area contributed by atoms with Gasteiger partial charge >= 0.3 is 12.3 Å². The molecule has 2 N–H and O–H groups in total. The minimum atomic E-state index is -4.85. The Bertz CT molecular complexity index is 1320. The Morgan fingerprint density at radius 2 is 1.87 bits per heavy atom. The van der Waals surface area contributed by atoms with Crippen LogP contribution in [0.15, 0.2) is 55.0 Å². The second kappa shape index (κ2) is 10.3. The van der Waals surface area contributed by atoms with Crippen LogP contribution in [0.25, 0.3) is 11.3 Å². The summed E-state index contributed by atoms with van der Waals surface area (Å²) in [6.07, 6.45) is -3.70. The largest absolute Gasteiger partial charge is 0.573 e. The number of alkyl halides is 5. The number of nitrogens with two attached hydrogens (primary N) is 1. The number of aryl methyl sites for hydroxylation is 1. The van der Waals surface area contributed by atoms with Crippen LogP contribution in [0, 0.1) is 0 Å². The molecule has 1 aromatic heterocycles. The van der Waals surface area contributed by atoms with Gasteiger partial charge in [-0.3, -0.25) is 9.59 Å². The van der Waals surface area contributed by atoms with Crippen molar-refractivity contribution >= 4 is 11.8 Å². The average Bonchev–Trinajstić information content (AvgIpc) is 3.26. The number of imidazole rings is 1. The van der Waals surface area contributed by atoms with Crippen LogP contribution in [0.5, 0.6) is 11.5 Å². The molecule has 0 saturated carbocycles. The fourth-order valence-corrected chi connectivity index (χ4v) is 4.07. The van der Waals surface area contributed by atoms with Gasteiger partial charge in [-0.2, -0.15) is 0 Å². The predicted molar refractivity (Wildman–Crippen MR) is 125 cm³/mol. The van der Waals surface area contributed by atoms with E-state index in [4.69, 9.17) is 10.5 Å². The number of hydrogen-bond acceptors (Lipinski definition) is 5. The molecule has 13 heteroatoms. The van der Waals surface area contributed by atoms with Gasteiger partial charge in [-0.25, -0.2) is 13.8 Å². The first kappa shape index (κ1) is 26.9. The van der Waals surface area contributed by atoms with E-state index in [1.54, 1.807) is 30.2 Å². The summed E-state index contributed by atoms with van der Waals surface area (Å²) in [4.78, 5) is 29.8. The maximum Gasteiger partial charge on any atom is 0.573 e. The van der Waals surface area contributed by atoms with Crippen molar-refractivity contribution in [2.24, 2.45) is 12.8 Å². The lowest BCUT2D eigenvalue weighted by Gasteiger charge is -2.38. The normalized spacial score (nSPS) is 17.2. The first-order chi connectivity index (χ1) is 17.8. The van der Waals surface area contributed by atoms with Crippen molar-refractivity contribution in [2.75, 3.05) is 13.1 Å². The van der Waals surface area contributed by atoms with Crippen LogP contribution in [-0.4, -0.2) is 57.7 Å². The van der Waals surface area contributed by atoms with E-state index in [9.17, 15) is 22.8 Å². The summed E-state index contributed by atoms with van der Waals surface area (Å²) in [5, 5.41) is 0. The Hall–Kier alpha value is -4.16. The maximum absolute atomic E-state index is 15.0. The third-order valence-corrected chi connectivity index (χ3v) is 5.91. The molecule has 8 nitrogen and oxygen atoms in total. The zero-order valence-electron chi connectivity index (χ0n) is 20.0. The zero-order valence-corrected chi connectivity index (χ0v) is 20.0. The molecule has 3 aromatic rings. The summed E-state index contributed by atoms with van der Waals surface area (Å²) in [5.74, 6) is -5.50. The SMILES string of the molecule is Cn1cnc(-c2ccc(OC3CCN(C(=O)Cc4ccc(OC(F)(F)F)cc4)CC3(F)F)c(C(N)=O)c2)c1. The summed E-state index contributed by atoms with van der Waals surface area (Å²) < 4.78 is 78.0. The molecule has 1 fully saturated rings. The van der Waals surface area contributed by atoms with Crippen LogP contribution >= 0.6 is 0 Å². The molecule has 38 heavy (non-hydrogen) atoms. The third-order valence-electron chi connectivity index (χ3n) is 5.91. The molecule has 1 aliphatic heterocycles. The number of benzene rings is 2. The average molecular weight is 538 g/mol. The van der Waals surface area contributed by atoms with Crippen LogP contribution in [0.3, 0.4) is 0 Å². The van der Waals surface area contributed by atoms with Crippen LogP contribution < -0.4 is 15.2 Å². The number of amides is 2. The van der Waals surface area contributed by atoms with E-state index in [0.29, 0.717) is 16.8 Å². The van der Waals surface area contributed by atoms with Crippen LogP contribution in [0.2, 0.25) is 0 Å². The van der Waals surface area contributed by atoms with Crippen molar-refractivity contribution in [3.8, 4) is 22.8 Å². The van der Waals surface area contributed by atoms with Crippen LogP contribution in [0.1, 0.15) is 22.3 Å². The molecule has 0 spiro atoms. The highest BCUT2D eigenvalue weighted by Gasteiger charge is 2.48. The lowest BCUT2D eigenvalue weighted by Crippen LogP contribution is -2.55. The summed E-state index contributed by atoms with van der Waals surface area (Å²) in [7, 11) is 1.77. The predicted octanol–water partition coefficient (Wildman–Crippen LogP) is 3.94. The Balaban J connectivity index is 1.41. The van der Waals surface area contributed by atoms with Gasteiger partial charge in [0.25, 0.3) is 5.91 Å². The van der Waals surface area contributed by atoms with Crippen LogP contribution in [-0.2, 0) is 18.3 Å². The van der Waals surface area contributed by atoms with E-state index in [1.807, 2.05) is 0 Å². The number of primary amides is 1. The summed E-state index contributed by atoms with van der Waals surface area (Å²) in [6, 6.07) is 8.97. The topological polar surface area (TPSA) is 99.7 Å². The lowest BCUT2D eigenvalue weighted by atomic mass is 10.0. The standard InChI is InChI=1S/C25H23F5N4O4/c1-33-12-19(32-14-33)16-4-7-20(18(11-16)23(31)36)37-21-8-9-34(13-24(21,26)27)22(35)10-15-2-5-17(6-3-15)38-25(28,29)30/h2-7,11-12,14,21H,8-10,13H2,1H3,(H2,31,36). The highest BCUT2D eigenvalue weighted by molar-refractivity contribution is 5.97. The number of carbonyl (C=O) groups is 2. The van der Waals surface area contributed by atoms with Gasteiger partial charge in [0.05, 0.1) is 30.6 Å². The van der Waals surface area contributed by atoms with Crippen molar-refractivity contribution in [3.63, 3.8) is 0 Å². The van der Waals surface area contributed by atoms with Gasteiger partial charge in [-0.15, -0.1) is 13.2 Å². The van der Waals surface area contributed by atoms with Gasteiger partial charge in [0.15, 0.2) is 6.10 Å². The number of piperidine rings is 1. The zero-order chi connectivity index (χ0) is 27.7. The number of nitrogens with zero attached hydrogens (tertiary/aromatic N) is 3. The molecule has 2 heterocycles. The number of halogens is 5. The monoisotopic (exact) mass is 538 g/mol. The highest BCUT2D eigenvalue weighted by Crippen LogP contribution is 2.34. The summed E-state index contributed by atoms with van der Waals surface area (Å²) in [5.41, 5.74) is 6.83. The van der Waals surface area contributed by atoms with E-state index >= 15 is 8.78 Å². The Morgan fingerprint density at radius 1 is 1.16 bits per heavy atom. The van der Waals surface area contributed by atoms with E-state index in [2.05, 4.69) is 9.72 Å². The van der Waals surface area contributed by atoms with Crippen molar-refractivity contribution in [1.82, 2.24) is 14.5 Å². The van der Waals surface area contributed by atoms with E-state index in [1.165, 1.54) is 24.3 Å². The fourth-order valence-electron chi connectivity index (χ4n) is 4.07. The number of rotatable bonds is 7. The lowest BCUT2D eigenvalue weighted by molar-refractivity contribution is -0.274. The van der Waals surface area contributed by atoms with Gasteiger partial charge in [0, 0.05) is 31.8 Å². The first-order valence-corrected chi connectivity index (χ1v) is 11.4. The van der Waals surface area contributed by atoms with E-state index in [0.717, 1.165) is 17.0 Å². The minimum absolute atomic E-state index is 0.0493. The quantitative estimate of drug-likeness (QED) is 0.460.